The van der Waals surface area contributed by atoms with Gasteiger partial charge < -0.3 is 19.7 Å². The average Bonchev–Trinajstić information content (AvgIpc) is 2.72. The van der Waals surface area contributed by atoms with Gasteiger partial charge >= 0.3 is 0 Å². The number of hydrogen-bond acceptors (Lipinski definition) is 4. The van der Waals surface area contributed by atoms with Gasteiger partial charge in [-0.3, -0.25) is 9.59 Å². The molecule has 0 aliphatic heterocycles. The minimum atomic E-state index is -0.609. The molecule has 0 saturated heterocycles. The molecule has 2 amide bonds. The summed E-state index contributed by atoms with van der Waals surface area (Å²) in [5.74, 6) is 0.890. The van der Waals surface area contributed by atoms with Crippen molar-refractivity contribution in [2.45, 2.75) is 52.2 Å². The van der Waals surface area contributed by atoms with Gasteiger partial charge in [0, 0.05) is 16.6 Å². The minimum Gasteiger partial charge on any atom is -0.497 e. The molecule has 2 rings (SSSR count). The maximum atomic E-state index is 13.2. The second-order valence-electron chi connectivity index (χ2n) is 8.28. The lowest BCUT2D eigenvalue weighted by Gasteiger charge is -2.33. The fourth-order valence-corrected chi connectivity index (χ4v) is 3.32. The first-order valence-electron chi connectivity index (χ1n) is 10.3. The Hall–Kier alpha value is -2.54. The van der Waals surface area contributed by atoms with Crippen LogP contribution in [0.5, 0.6) is 11.5 Å². The predicted molar refractivity (Wildman–Crippen MR) is 125 cm³/mol. The Morgan fingerprint density at radius 2 is 1.61 bits per heavy atom. The number of benzene rings is 2. The minimum absolute atomic E-state index is 0.156. The van der Waals surface area contributed by atoms with Crippen LogP contribution >= 0.6 is 15.9 Å². The van der Waals surface area contributed by atoms with Crippen molar-refractivity contribution < 1.29 is 19.1 Å². The normalized spacial score (nSPS) is 12.1. The molecule has 0 aliphatic rings. The Kier molecular flexibility index (Phi) is 8.92. The van der Waals surface area contributed by atoms with E-state index in [1.807, 2.05) is 64.1 Å². The molecule has 0 unspecified atom stereocenters. The Bertz CT molecular complexity index is 861. The summed E-state index contributed by atoms with van der Waals surface area (Å²) in [6.45, 7) is 7.80. The fraction of sp³-hybridized carbons (Fsp3) is 0.417. The van der Waals surface area contributed by atoms with Crippen molar-refractivity contribution in [3.05, 3.63) is 58.6 Å². The molecular weight excluding hydrogens is 460 g/mol. The third-order valence-corrected chi connectivity index (χ3v) is 5.10. The first kappa shape index (κ1) is 24.7. The van der Waals surface area contributed by atoms with Gasteiger partial charge in [-0.15, -0.1) is 0 Å². The molecule has 0 aromatic heterocycles. The Morgan fingerprint density at radius 1 is 1.03 bits per heavy atom. The van der Waals surface area contributed by atoms with Crippen molar-refractivity contribution in [2.24, 2.45) is 0 Å². The van der Waals surface area contributed by atoms with Gasteiger partial charge in [-0.1, -0.05) is 35.0 Å². The molecule has 2 aromatic carbocycles. The number of amides is 2. The smallest absolute Gasteiger partial charge is 0.261 e. The molecule has 0 radical (unpaired) electrons. The molecule has 0 spiro atoms. The molecule has 1 N–H and O–H groups in total. The van der Waals surface area contributed by atoms with Crippen molar-refractivity contribution >= 4 is 27.7 Å². The number of hydrogen-bond donors (Lipinski definition) is 1. The summed E-state index contributed by atoms with van der Waals surface area (Å²) in [4.78, 5) is 27.7. The first-order valence-corrected chi connectivity index (χ1v) is 11.0. The van der Waals surface area contributed by atoms with E-state index in [1.165, 1.54) is 0 Å². The molecule has 1 atom stereocenters. The van der Waals surface area contributed by atoms with Crippen LogP contribution in [0.3, 0.4) is 0 Å². The lowest BCUT2D eigenvalue weighted by molar-refractivity contribution is -0.143. The van der Waals surface area contributed by atoms with Crippen LogP contribution in [-0.4, -0.2) is 42.0 Å². The van der Waals surface area contributed by atoms with E-state index in [9.17, 15) is 9.59 Å². The molecule has 31 heavy (non-hydrogen) atoms. The molecular formula is C24H31BrN2O4. The van der Waals surface area contributed by atoms with E-state index in [4.69, 9.17) is 9.47 Å². The molecule has 2 aromatic rings. The van der Waals surface area contributed by atoms with Crippen molar-refractivity contribution in [1.29, 1.82) is 0 Å². The van der Waals surface area contributed by atoms with Crippen LogP contribution in [0.15, 0.2) is 53.0 Å². The maximum absolute atomic E-state index is 13.2. The number of halogens is 1. The number of ether oxygens (including phenoxy) is 2. The van der Waals surface area contributed by atoms with Crippen molar-refractivity contribution in [3.63, 3.8) is 0 Å². The van der Waals surface area contributed by atoms with E-state index in [0.717, 1.165) is 15.8 Å². The predicted octanol–water partition coefficient (Wildman–Crippen LogP) is 4.56. The molecule has 0 aliphatic carbocycles. The third-order valence-electron chi connectivity index (χ3n) is 4.57. The summed E-state index contributed by atoms with van der Waals surface area (Å²) in [5.41, 5.74) is 0.507. The number of carbonyl (C=O) groups is 2. The molecule has 0 bridgehead atoms. The number of nitrogens with one attached hydrogen (secondary N) is 1. The van der Waals surface area contributed by atoms with E-state index >= 15 is 0 Å². The zero-order valence-corrected chi connectivity index (χ0v) is 20.4. The first-order chi connectivity index (χ1) is 14.6. The van der Waals surface area contributed by atoms with Crippen LogP contribution in [0.1, 0.15) is 39.7 Å². The van der Waals surface area contributed by atoms with E-state index in [2.05, 4.69) is 21.2 Å². The second-order valence-corrected chi connectivity index (χ2v) is 9.19. The monoisotopic (exact) mass is 490 g/mol. The molecule has 0 fully saturated rings. The van der Waals surface area contributed by atoms with Crippen LogP contribution in [0, 0.1) is 0 Å². The Balaban J connectivity index is 2.22. The van der Waals surface area contributed by atoms with Gasteiger partial charge in [0.25, 0.3) is 5.91 Å². The van der Waals surface area contributed by atoms with Crippen LogP contribution in [0.4, 0.5) is 0 Å². The summed E-state index contributed by atoms with van der Waals surface area (Å²) >= 11 is 3.38. The second kappa shape index (κ2) is 11.2. The van der Waals surface area contributed by atoms with Gasteiger partial charge in [0.05, 0.1) is 7.11 Å². The van der Waals surface area contributed by atoms with E-state index in [-0.39, 0.29) is 18.4 Å². The van der Waals surface area contributed by atoms with Crippen molar-refractivity contribution in [1.82, 2.24) is 10.2 Å². The summed E-state index contributed by atoms with van der Waals surface area (Å²) in [6.07, 6.45) is 0.488. The summed E-state index contributed by atoms with van der Waals surface area (Å²) in [7, 11) is 1.61. The average molecular weight is 491 g/mol. The lowest BCUT2D eigenvalue weighted by atomic mass is 10.1. The van der Waals surface area contributed by atoms with Gasteiger partial charge in [-0.2, -0.15) is 0 Å². The topological polar surface area (TPSA) is 67.9 Å². The zero-order chi connectivity index (χ0) is 23.0. The summed E-state index contributed by atoms with van der Waals surface area (Å²) in [5, 5.41) is 2.99. The van der Waals surface area contributed by atoms with Gasteiger partial charge in [-0.05, 0) is 69.2 Å². The van der Waals surface area contributed by atoms with Crippen molar-refractivity contribution in [3.8, 4) is 11.5 Å². The highest BCUT2D eigenvalue weighted by molar-refractivity contribution is 9.10. The van der Waals surface area contributed by atoms with Gasteiger partial charge in [0.2, 0.25) is 5.91 Å². The highest BCUT2D eigenvalue weighted by atomic mass is 79.9. The van der Waals surface area contributed by atoms with Gasteiger partial charge in [0.15, 0.2) is 6.61 Å². The van der Waals surface area contributed by atoms with Crippen LogP contribution in [-0.2, 0) is 16.1 Å². The number of nitrogens with zero attached hydrogens (tertiary/aromatic N) is 1. The third kappa shape index (κ3) is 7.90. The van der Waals surface area contributed by atoms with Crippen molar-refractivity contribution in [2.75, 3.05) is 13.7 Å². The highest BCUT2D eigenvalue weighted by Crippen LogP contribution is 2.19. The quantitative estimate of drug-likeness (QED) is 0.559. The van der Waals surface area contributed by atoms with E-state index in [1.54, 1.807) is 24.1 Å². The maximum Gasteiger partial charge on any atom is 0.261 e. The number of carbonyl (C=O) groups excluding carboxylic acids is 2. The number of methoxy groups -OCH3 is 1. The van der Waals surface area contributed by atoms with Crippen LogP contribution in [0.25, 0.3) is 0 Å². The SMILES string of the molecule is CC[C@H](C(=O)NC(C)(C)C)N(Cc1ccc(OC)cc1)C(=O)COc1ccc(Br)cc1. The lowest BCUT2D eigenvalue weighted by Crippen LogP contribution is -2.54. The summed E-state index contributed by atoms with van der Waals surface area (Å²) in [6, 6.07) is 14.1. The Morgan fingerprint density at radius 3 is 2.13 bits per heavy atom. The van der Waals surface area contributed by atoms with E-state index < -0.39 is 11.6 Å². The molecule has 6 nitrogen and oxygen atoms in total. The highest BCUT2D eigenvalue weighted by Gasteiger charge is 2.30. The molecule has 0 saturated carbocycles. The van der Waals surface area contributed by atoms with Gasteiger partial charge in [-0.25, -0.2) is 0 Å². The molecule has 168 valence electrons. The summed E-state index contributed by atoms with van der Waals surface area (Å²) < 4.78 is 11.8. The van der Waals surface area contributed by atoms with Crippen LogP contribution in [0.2, 0.25) is 0 Å². The fourth-order valence-electron chi connectivity index (χ4n) is 3.06. The van der Waals surface area contributed by atoms with Gasteiger partial charge in [0.1, 0.15) is 17.5 Å². The zero-order valence-electron chi connectivity index (χ0n) is 18.8. The van der Waals surface area contributed by atoms with Crippen LogP contribution < -0.4 is 14.8 Å². The number of rotatable bonds is 9. The molecule has 7 heteroatoms. The van der Waals surface area contributed by atoms with E-state index in [0.29, 0.717) is 18.7 Å². The Labute approximate surface area is 193 Å². The molecule has 0 heterocycles. The standard InChI is InChI=1S/C24H31BrN2O4/c1-6-21(23(29)26-24(2,3)4)27(15-17-7-11-19(30-5)12-8-17)22(28)16-31-20-13-9-18(25)10-14-20/h7-14,21H,6,15-16H2,1-5H3,(H,26,29)/t21-/m1/s1. The largest absolute Gasteiger partial charge is 0.497 e.